The molecule has 1 aromatic rings. The summed E-state index contributed by atoms with van der Waals surface area (Å²) >= 11 is 1.42. The molecule has 2 rings (SSSR count). The molecule has 4 nitrogen and oxygen atoms in total. The molecule has 0 aliphatic carbocycles. The van der Waals surface area contributed by atoms with Crippen LogP contribution in [-0.2, 0) is 9.84 Å². The molecule has 0 spiro atoms. The van der Waals surface area contributed by atoms with Gasteiger partial charge in [0.15, 0.2) is 9.84 Å². The first kappa shape index (κ1) is 12.0. The first-order valence-corrected chi connectivity index (χ1v) is 8.02. The van der Waals surface area contributed by atoms with E-state index in [2.05, 4.69) is 4.98 Å². The van der Waals surface area contributed by atoms with Crippen molar-refractivity contribution in [1.82, 2.24) is 4.98 Å². The molecule has 1 saturated heterocycles. The zero-order chi connectivity index (χ0) is 11.8. The highest BCUT2D eigenvalue weighted by atomic mass is 32.2. The highest BCUT2D eigenvalue weighted by Gasteiger charge is 2.32. The number of hydrogen-bond acceptors (Lipinski definition) is 5. The molecule has 0 saturated carbocycles. The van der Waals surface area contributed by atoms with Gasteiger partial charge in [-0.2, -0.15) is 0 Å². The van der Waals surface area contributed by atoms with Gasteiger partial charge in [-0.05, 0) is 19.8 Å². The maximum Gasteiger partial charge on any atom is 0.159 e. The van der Waals surface area contributed by atoms with Crippen molar-refractivity contribution in [2.24, 2.45) is 5.73 Å². The van der Waals surface area contributed by atoms with Gasteiger partial charge in [-0.3, -0.25) is 0 Å². The van der Waals surface area contributed by atoms with Crippen LogP contribution in [0.3, 0.4) is 0 Å². The summed E-state index contributed by atoms with van der Waals surface area (Å²) in [4.78, 5) is 4.34. The zero-order valence-electron chi connectivity index (χ0n) is 9.22. The largest absolute Gasteiger partial charge is 0.323 e. The van der Waals surface area contributed by atoms with Gasteiger partial charge in [0.05, 0.1) is 11.4 Å². The van der Waals surface area contributed by atoms with Crippen LogP contribution < -0.4 is 5.73 Å². The summed E-state index contributed by atoms with van der Waals surface area (Å²) < 4.78 is 23.8. The van der Waals surface area contributed by atoms with E-state index in [1.165, 1.54) is 11.3 Å². The van der Waals surface area contributed by atoms with Crippen LogP contribution in [0.4, 0.5) is 0 Å². The second-order valence-electron chi connectivity index (χ2n) is 4.25. The molecule has 1 aromatic heterocycles. The van der Waals surface area contributed by atoms with Crippen LogP contribution in [-0.4, -0.2) is 19.2 Å². The van der Waals surface area contributed by atoms with Crippen molar-refractivity contribution in [3.63, 3.8) is 0 Å². The number of nitrogens with two attached hydrogens (primary N) is 1. The van der Waals surface area contributed by atoms with Crippen molar-refractivity contribution in [3.8, 4) is 0 Å². The normalized spacial score (nSPS) is 26.5. The second-order valence-corrected chi connectivity index (χ2v) is 7.44. The molecule has 2 N–H and O–H groups in total. The number of nitrogens with zero attached hydrogens (tertiary/aromatic N) is 1. The molecule has 2 unspecified atom stereocenters. The predicted molar refractivity (Wildman–Crippen MR) is 65.1 cm³/mol. The van der Waals surface area contributed by atoms with Crippen molar-refractivity contribution in [3.05, 3.63) is 16.1 Å². The Hall–Kier alpha value is -0.460. The minimum absolute atomic E-state index is 0.128. The van der Waals surface area contributed by atoms with Gasteiger partial charge in [0.2, 0.25) is 0 Å². The summed E-state index contributed by atoms with van der Waals surface area (Å²) in [6.45, 7) is 1.86. The van der Waals surface area contributed by atoms with Gasteiger partial charge >= 0.3 is 0 Å². The zero-order valence-corrected chi connectivity index (χ0v) is 10.9. The Balaban J connectivity index is 2.29. The van der Waals surface area contributed by atoms with E-state index in [4.69, 9.17) is 5.73 Å². The standard InChI is InChI=1S/C10H16N2O2S2/c1-7(11)8-6-15-10(12-8)9-4-2-3-5-16(9,13)14/h6-7,9H,2-5,11H2,1H3. The Morgan fingerprint density at radius 2 is 2.31 bits per heavy atom. The van der Waals surface area contributed by atoms with E-state index in [0.717, 1.165) is 18.5 Å². The lowest BCUT2D eigenvalue weighted by molar-refractivity contribution is 0.544. The van der Waals surface area contributed by atoms with Gasteiger partial charge in [0.1, 0.15) is 10.3 Å². The molecule has 1 aliphatic rings. The van der Waals surface area contributed by atoms with Crippen LogP contribution in [0.1, 0.15) is 48.2 Å². The van der Waals surface area contributed by atoms with E-state index in [1.807, 2.05) is 12.3 Å². The van der Waals surface area contributed by atoms with E-state index in [1.54, 1.807) is 0 Å². The highest BCUT2D eigenvalue weighted by molar-refractivity contribution is 7.91. The lowest BCUT2D eigenvalue weighted by Crippen LogP contribution is -2.21. The molecule has 0 radical (unpaired) electrons. The van der Waals surface area contributed by atoms with Gasteiger partial charge < -0.3 is 5.73 Å². The lowest BCUT2D eigenvalue weighted by atomic mass is 10.2. The Labute approximate surface area is 99.8 Å². The van der Waals surface area contributed by atoms with Gasteiger partial charge in [0, 0.05) is 11.4 Å². The van der Waals surface area contributed by atoms with E-state index in [9.17, 15) is 8.42 Å². The van der Waals surface area contributed by atoms with Crippen molar-refractivity contribution < 1.29 is 8.42 Å². The van der Waals surface area contributed by atoms with Crippen LogP contribution in [0.5, 0.6) is 0 Å². The summed E-state index contributed by atoms with van der Waals surface area (Å²) in [5.41, 5.74) is 6.51. The number of hydrogen-bond donors (Lipinski definition) is 1. The van der Waals surface area contributed by atoms with Crippen LogP contribution in [0.25, 0.3) is 0 Å². The molecule has 6 heteroatoms. The maximum atomic E-state index is 11.9. The third kappa shape index (κ3) is 2.28. The molecular weight excluding hydrogens is 244 g/mol. The summed E-state index contributed by atoms with van der Waals surface area (Å²) in [7, 11) is -2.98. The number of rotatable bonds is 2. The topological polar surface area (TPSA) is 73.1 Å². The summed E-state index contributed by atoms with van der Waals surface area (Å²) in [6.07, 6.45) is 2.45. The molecule has 16 heavy (non-hydrogen) atoms. The van der Waals surface area contributed by atoms with Crippen molar-refractivity contribution >= 4 is 21.2 Å². The molecule has 1 aliphatic heterocycles. The Morgan fingerprint density at radius 3 is 2.88 bits per heavy atom. The molecule has 0 aromatic carbocycles. The van der Waals surface area contributed by atoms with Crippen LogP contribution in [0.15, 0.2) is 5.38 Å². The predicted octanol–water partition coefficient (Wildman–Crippen LogP) is 1.80. The Morgan fingerprint density at radius 1 is 1.56 bits per heavy atom. The molecule has 0 bridgehead atoms. The summed E-state index contributed by atoms with van der Waals surface area (Å²) in [5, 5.41) is 2.19. The molecule has 0 amide bonds. The highest BCUT2D eigenvalue weighted by Crippen LogP contribution is 2.35. The fourth-order valence-corrected chi connectivity index (χ4v) is 5.21. The molecule has 2 atom stereocenters. The SMILES string of the molecule is CC(N)c1csc(C2CCCCS2(=O)=O)n1. The number of thiazole rings is 1. The van der Waals surface area contributed by atoms with Crippen LogP contribution in [0, 0.1) is 0 Å². The average Bonchev–Trinajstić information content (AvgIpc) is 2.65. The maximum absolute atomic E-state index is 11.9. The molecule has 2 heterocycles. The van der Waals surface area contributed by atoms with Gasteiger partial charge in [-0.15, -0.1) is 11.3 Å². The van der Waals surface area contributed by atoms with Crippen molar-refractivity contribution in [2.75, 3.05) is 5.75 Å². The second kappa shape index (κ2) is 4.43. The molecular formula is C10H16N2O2S2. The van der Waals surface area contributed by atoms with E-state index in [-0.39, 0.29) is 6.04 Å². The first-order valence-electron chi connectivity index (χ1n) is 5.43. The smallest absolute Gasteiger partial charge is 0.159 e. The quantitative estimate of drug-likeness (QED) is 0.880. The average molecular weight is 260 g/mol. The summed E-state index contributed by atoms with van der Waals surface area (Å²) in [5.74, 6) is 0.296. The fourth-order valence-electron chi connectivity index (χ4n) is 1.89. The van der Waals surface area contributed by atoms with Crippen molar-refractivity contribution in [2.45, 2.75) is 37.5 Å². The van der Waals surface area contributed by atoms with Crippen LogP contribution >= 0.6 is 11.3 Å². The third-order valence-corrected chi connectivity index (χ3v) is 6.17. The van der Waals surface area contributed by atoms with Gasteiger partial charge in [-0.1, -0.05) is 6.42 Å². The van der Waals surface area contributed by atoms with E-state index in [0.29, 0.717) is 17.2 Å². The minimum atomic E-state index is -2.98. The fraction of sp³-hybridized carbons (Fsp3) is 0.700. The third-order valence-electron chi connectivity index (χ3n) is 2.86. The number of sulfone groups is 1. The minimum Gasteiger partial charge on any atom is -0.323 e. The van der Waals surface area contributed by atoms with Crippen molar-refractivity contribution in [1.29, 1.82) is 0 Å². The Bertz CT molecular complexity index is 465. The van der Waals surface area contributed by atoms with Gasteiger partial charge in [0.25, 0.3) is 0 Å². The van der Waals surface area contributed by atoms with Gasteiger partial charge in [-0.25, -0.2) is 13.4 Å². The van der Waals surface area contributed by atoms with Crippen LogP contribution in [0.2, 0.25) is 0 Å². The Kier molecular flexibility index (Phi) is 3.32. The molecule has 1 fully saturated rings. The van der Waals surface area contributed by atoms with E-state index >= 15 is 0 Å². The van der Waals surface area contributed by atoms with E-state index < -0.39 is 15.1 Å². The number of aromatic nitrogens is 1. The lowest BCUT2D eigenvalue weighted by Gasteiger charge is -2.20. The monoisotopic (exact) mass is 260 g/mol. The summed E-state index contributed by atoms with van der Waals surface area (Å²) in [6, 6.07) is -0.128. The first-order chi connectivity index (χ1) is 7.50. The molecule has 90 valence electrons.